The lowest BCUT2D eigenvalue weighted by atomic mass is 10.2. The van der Waals surface area contributed by atoms with Crippen LogP contribution in [-0.4, -0.2) is 52.9 Å². The highest BCUT2D eigenvalue weighted by atomic mass is 16.6. The molecule has 3 heterocycles. The van der Waals surface area contributed by atoms with Gasteiger partial charge in [0.2, 0.25) is 5.91 Å². The molecule has 2 aliphatic heterocycles. The van der Waals surface area contributed by atoms with E-state index < -0.39 is 10.8 Å². The minimum Gasteiger partial charge on any atom is -0.477 e. The summed E-state index contributed by atoms with van der Waals surface area (Å²) in [5, 5.41) is 10.9. The normalized spacial score (nSPS) is 17.8. The minimum absolute atomic E-state index is 0.0311. The lowest BCUT2D eigenvalue weighted by Gasteiger charge is -2.27. The van der Waals surface area contributed by atoms with E-state index >= 15 is 0 Å². The van der Waals surface area contributed by atoms with Gasteiger partial charge >= 0.3 is 5.82 Å². The smallest absolute Gasteiger partial charge is 0.366 e. The van der Waals surface area contributed by atoms with Crippen molar-refractivity contribution < 1.29 is 19.2 Å². The van der Waals surface area contributed by atoms with Crippen molar-refractivity contribution in [3.05, 3.63) is 22.2 Å². The van der Waals surface area contributed by atoms with E-state index in [9.17, 15) is 19.7 Å². The lowest BCUT2D eigenvalue weighted by Crippen LogP contribution is -2.47. The van der Waals surface area contributed by atoms with Gasteiger partial charge in [-0.15, -0.1) is 0 Å². The van der Waals surface area contributed by atoms with Crippen LogP contribution in [0, 0.1) is 10.1 Å². The van der Waals surface area contributed by atoms with E-state index in [4.69, 9.17) is 4.74 Å². The number of carbonyl (C=O) groups is 2. The van der Waals surface area contributed by atoms with Crippen LogP contribution in [0.1, 0.15) is 25.7 Å². The van der Waals surface area contributed by atoms with Crippen LogP contribution >= 0.6 is 0 Å². The molecule has 9 heteroatoms. The number of carbonyl (C=O) groups excluding carboxylic acids is 2. The summed E-state index contributed by atoms with van der Waals surface area (Å²) in [6.45, 7) is 0.961. The molecule has 9 nitrogen and oxygen atoms in total. The van der Waals surface area contributed by atoms with Gasteiger partial charge in [0, 0.05) is 19.2 Å². The van der Waals surface area contributed by atoms with E-state index in [-0.39, 0.29) is 36.4 Å². The molecular weight excluding hydrogens is 316 g/mol. The number of hydrogen-bond acceptors (Lipinski definition) is 6. The second kappa shape index (κ2) is 6.81. The molecule has 0 spiro atoms. The fourth-order valence-electron chi connectivity index (χ4n) is 2.89. The Morgan fingerprint density at radius 1 is 1.25 bits per heavy atom. The summed E-state index contributed by atoms with van der Waals surface area (Å²) in [4.78, 5) is 41.7. The van der Waals surface area contributed by atoms with E-state index in [2.05, 4.69) is 4.98 Å². The zero-order valence-corrected chi connectivity index (χ0v) is 13.1. The molecule has 2 amide bonds. The van der Waals surface area contributed by atoms with Crippen LogP contribution in [-0.2, 0) is 9.59 Å². The molecular formula is C15H18N4O5. The zero-order valence-electron chi connectivity index (χ0n) is 13.1. The number of rotatable bonds is 3. The predicted octanol–water partition coefficient (Wildman–Crippen LogP) is 1.12. The Kier molecular flexibility index (Phi) is 4.59. The van der Waals surface area contributed by atoms with Gasteiger partial charge in [0.1, 0.15) is 6.54 Å². The first-order valence-electron chi connectivity index (χ1n) is 7.92. The summed E-state index contributed by atoms with van der Waals surface area (Å²) in [6.07, 6.45) is 4.08. The highest BCUT2D eigenvalue weighted by Crippen LogP contribution is 2.32. The molecule has 0 radical (unpaired) electrons. The van der Waals surface area contributed by atoms with Crippen molar-refractivity contribution in [3.63, 3.8) is 0 Å². The Balaban J connectivity index is 1.82. The van der Waals surface area contributed by atoms with Crippen LogP contribution in [0.5, 0.6) is 5.75 Å². The van der Waals surface area contributed by atoms with Crippen LogP contribution in [0.4, 0.5) is 11.6 Å². The van der Waals surface area contributed by atoms with Crippen LogP contribution in [0.25, 0.3) is 0 Å². The highest BCUT2D eigenvalue weighted by molar-refractivity contribution is 6.01. The standard InChI is InChI=1S/C15H18N4O5/c20-13(17-7-3-1-2-4-8-17)9-18-14(21)10-24-11-5-6-12(19(22)23)16-15(11)18/h5-6H,1-4,7-10H2. The van der Waals surface area contributed by atoms with Crippen molar-refractivity contribution in [2.24, 2.45) is 0 Å². The lowest BCUT2D eigenvalue weighted by molar-refractivity contribution is -0.389. The van der Waals surface area contributed by atoms with Gasteiger partial charge < -0.3 is 19.8 Å². The molecule has 128 valence electrons. The number of fused-ring (bicyclic) bond motifs is 1. The van der Waals surface area contributed by atoms with Crippen LogP contribution in [0.3, 0.4) is 0 Å². The van der Waals surface area contributed by atoms with Gasteiger partial charge in [-0.25, -0.2) is 0 Å². The van der Waals surface area contributed by atoms with Gasteiger partial charge in [-0.1, -0.05) is 12.8 Å². The van der Waals surface area contributed by atoms with E-state index in [1.165, 1.54) is 17.0 Å². The molecule has 0 unspecified atom stereocenters. The quantitative estimate of drug-likeness (QED) is 0.606. The molecule has 0 aliphatic carbocycles. The third kappa shape index (κ3) is 3.29. The Bertz CT molecular complexity index is 670. The van der Waals surface area contributed by atoms with Crippen LogP contribution in [0.2, 0.25) is 0 Å². The molecule has 0 aromatic carbocycles. The summed E-state index contributed by atoms with van der Waals surface area (Å²) in [6, 6.07) is 2.61. The zero-order chi connectivity index (χ0) is 17.1. The van der Waals surface area contributed by atoms with Gasteiger partial charge in [0.05, 0.1) is 0 Å². The van der Waals surface area contributed by atoms with Crippen molar-refractivity contribution in [1.82, 2.24) is 9.88 Å². The topological polar surface area (TPSA) is 106 Å². The fraction of sp³-hybridized carbons (Fsp3) is 0.533. The largest absolute Gasteiger partial charge is 0.477 e. The number of anilines is 1. The Labute approximate surface area is 138 Å². The maximum absolute atomic E-state index is 12.5. The molecule has 0 saturated carbocycles. The molecule has 1 aromatic heterocycles. The molecule has 0 bridgehead atoms. The summed E-state index contributed by atoms with van der Waals surface area (Å²) >= 11 is 0. The summed E-state index contributed by atoms with van der Waals surface area (Å²) < 4.78 is 5.25. The maximum Gasteiger partial charge on any atom is 0.366 e. The molecule has 0 N–H and O–H groups in total. The Hall–Kier alpha value is -2.71. The highest BCUT2D eigenvalue weighted by Gasteiger charge is 2.34. The van der Waals surface area contributed by atoms with Crippen molar-refractivity contribution in [3.8, 4) is 5.75 Å². The first-order valence-corrected chi connectivity index (χ1v) is 7.92. The average Bonchev–Trinajstić information content (AvgIpc) is 2.86. The SMILES string of the molecule is O=C(CN1C(=O)COc2ccc([N+](=O)[O-])nc21)N1CCCCCC1. The third-order valence-electron chi connectivity index (χ3n) is 4.17. The van der Waals surface area contributed by atoms with E-state index in [0.29, 0.717) is 13.1 Å². The van der Waals surface area contributed by atoms with E-state index in [1.54, 1.807) is 4.90 Å². The number of ether oxygens (including phenoxy) is 1. The number of aromatic nitrogens is 1. The molecule has 24 heavy (non-hydrogen) atoms. The monoisotopic (exact) mass is 334 g/mol. The number of amides is 2. The fourth-order valence-corrected chi connectivity index (χ4v) is 2.89. The number of nitrogens with zero attached hydrogens (tertiary/aromatic N) is 4. The number of hydrogen-bond donors (Lipinski definition) is 0. The van der Waals surface area contributed by atoms with Crippen LogP contribution in [0.15, 0.2) is 12.1 Å². The summed E-state index contributed by atoms with van der Waals surface area (Å²) in [7, 11) is 0. The number of likely N-dealkylation sites (tertiary alicyclic amines) is 1. The first-order chi connectivity index (χ1) is 11.6. The van der Waals surface area contributed by atoms with Crippen LogP contribution < -0.4 is 9.64 Å². The third-order valence-corrected chi connectivity index (χ3v) is 4.17. The molecule has 3 rings (SSSR count). The second-order valence-electron chi connectivity index (χ2n) is 5.81. The molecule has 1 fully saturated rings. The number of pyridine rings is 1. The van der Waals surface area contributed by atoms with E-state index in [0.717, 1.165) is 25.7 Å². The number of nitro groups is 1. The van der Waals surface area contributed by atoms with Crippen molar-refractivity contribution >= 4 is 23.5 Å². The van der Waals surface area contributed by atoms with Gasteiger partial charge in [0.25, 0.3) is 11.7 Å². The van der Waals surface area contributed by atoms with Gasteiger partial charge in [-0.05, 0) is 28.8 Å². The minimum atomic E-state index is -0.645. The molecule has 1 saturated heterocycles. The Morgan fingerprint density at radius 3 is 2.62 bits per heavy atom. The Morgan fingerprint density at radius 2 is 1.96 bits per heavy atom. The predicted molar refractivity (Wildman–Crippen MR) is 83.8 cm³/mol. The average molecular weight is 334 g/mol. The van der Waals surface area contributed by atoms with Gasteiger partial charge in [0.15, 0.2) is 12.4 Å². The van der Waals surface area contributed by atoms with Crippen molar-refractivity contribution in [2.75, 3.05) is 31.1 Å². The van der Waals surface area contributed by atoms with Crippen molar-refractivity contribution in [2.45, 2.75) is 25.7 Å². The summed E-state index contributed by atoms with van der Waals surface area (Å²) in [5.74, 6) is -0.697. The first kappa shape index (κ1) is 16.2. The van der Waals surface area contributed by atoms with Gasteiger partial charge in [-0.3, -0.25) is 14.5 Å². The molecule has 1 aromatic rings. The second-order valence-corrected chi connectivity index (χ2v) is 5.81. The maximum atomic E-state index is 12.5. The molecule has 2 aliphatic rings. The van der Waals surface area contributed by atoms with Gasteiger partial charge in [-0.2, -0.15) is 0 Å². The summed E-state index contributed by atoms with van der Waals surface area (Å²) in [5.41, 5.74) is 0. The van der Waals surface area contributed by atoms with Crippen molar-refractivity contribution in [1.29, 1.82) is 0 Å². The molecule has 0 atom stereocenters. The van der Waals surface area contributed by atoms with E-state index in [1.807, 2.05) is 0 Å².